The Kier molecular flexibility index (Phi) is 6.94. The molecule has 1 heterocycles. The number of carbonyl (C=O) groups is 1. The molecule has 1 unspecified atom stereocenters. The molecule has 0 saturated carbocycles. The van der Waals surface area contributed by atoms with Gasteiger partial charge in [-0.05, 0) is 43.1 Å². The number of carbonyl (C=O) groups excluding carboxylic acids is 1. The molecule has 2 rings (SSSR count). The first-order valence-electron chi connectivity index (χ1n) is 8.21. The van der Waals surface area contributed by atoms with Gasteiger partial charge in [-0.2, -0.15) is 0 Å². The van der Waals surface area contributed by atoms with Gasteiger partial charge in [0.15, 0.2) is 0 Å². The molecule has 0 aliphatic carbocycles. The van der Waals surface area contributed by atoms with Crippen LogP contribution in [0.2, 0.25) is 0 Å². The third kappa shape index (κ3) is 4.70. The maximum Gasteiger partial charge on any atom is 0.349 e. The van der Waals surface area contributed by atoms with Crippen molar-refractivity contribution in [2.45, 2.75) is 24.3 Å². The quantitative estimate of drug-likeness (QED) is 0.695. The molecule has 0 amide bonds. The third-order valence-corrected chi connectivity index (χ3v) is 6.64. The van der Waals surface area contributed by atoms with Crippen molar-refractivity contribution < 1.29 is 17.9 Å². The first-order chi connectivity index (χ1) is 12.3. The fourth-order valence-electron chi connectivity index (χ4n) is 2.59. The number of aryl methyl sites for hydroxylation is 1. The lowest BCUT2D eigenvalue weighted by Gasteiger charge is -2.25. The number of esters is 1. The molecule has 1 N–H and O–H groups in total. The van der Waals surface area contributed by atoms with Gasteiger partial charge in [-0.25, -0.2) is 17.9 Å². The summed E-state index contributed by atoms with van der Waals surface area (Å²) in [6.45, 7) is 2.28. The molecule has 0 spiro atoms. The number of hydrogen-bond acceptors (Lipinski definition) is 6. The first kappa shape index (κ1) is 20.6. The summed E-state index contributed by atoms with van der Waals surface area (Å²) in [5, 5.41) is 1.56. The second-order valence-electron chi connectivity index (χ2n) is 6.03. The minimum atomic E-state index is -3.82. The number of thiophene rings is 1. The van der Waals surface area contributed by atoms with Crippen LogP contribution in [0.25, 0.3) is 0 Å². The van der Waals surface area contributed by atoms with Gasteiger partial charge in [-0.3, -0.25) is 0 Å². The van der Waals surface area contributed by atoms with Gasteiger partial charge in [-0.1, -0.05) is 31.2 Å². The highest BCUT2D eigenvalue weighted by Gasteiger charge is 2.26. The van der Waals surface area contributed by atoms with E-state index in [1.54, 1.807) is 5.38 Å². The topological polar surface area (TPSA) is 75.7 Å². The van der Waals surface area contributed by atoms with Crippen molar-refractivity contribution in [2.24, 2.45) is 0 Å². The Hall–Kier alpha value is -1.74. The highest BCUT2D eigenvalue weighted by atomic mass is 32.2. The average Bonchev–Trinajstić information content (AvgIpc) is 3.12. The SMILES string of the molecule is CCc1ccc(C(CNS(=O)(=O)c2ccsc2C(=O)OC)N(C)C)cc1. The van der Waals surface area contributed by atoms with Gasteiger partial charge in [-0.15, -0.1) is 11.3 Å². The zero-order chi connectivity index (χ0) is 19.3. The molecule has 2 aromatic rings. The molecule has 6 nitrogen and oxygen atoms in total. The fourth-order valence-corrected chi connectivity index (χ4v) is 4.96. The largest absolute Gasteiger partial charge is 0.465 e. The Morgan fingerprint density at radius 3 is 2.42 bits per heavy atom. The van der Waals surface area contributed by atoms with Gasteiger partial charge in [0.05, 0.1) is 7.11 Å². The van der Waals surface area contributed by atoms with Crippen molar-refractivity contribution in [3.63, 3.8) is 0 Å². The molecule has 0 saturated heterocycles. The Morgan fingerprint density at radius 2 is 1.88 bits per heavy atom. The summed E-state index contributed by atoms with van der Waals surface area (Å²) in [7, 11) is 1.21. The van der Waals surface area contributed by atoms with E-state index in [9.17, 15) is 13.2 Å². The Labute approximate surface area is 158 Å². The zero-order valence-electron chi connectivity index (χ0n) is 15.4. The van der Waals surface area contributed by atoms with Gasteiger partial charge in [0.1, 0.15) is 9.77 Å². The minimum Gasteiger partial charge on any atom is -0.465 e. The van der Waals surface area contributed by atoms with Crippen molar-refractivity contribution >= 4 is 27.3 Å². The van der Waals surface area contributed by atoms with Crippen molar-refractivity contribution in [3.05, 3.63) is 51.7 Å². The van der Waals surface area contributed by atoms with Gasteiger partial charge in [0, 0.05) is 12.6 Å². The Bertz CT molecular complexity index is 842. The van der Waals surface area contributed by atoms with Crippen LogP contribution >= 0.6 is 11.3 Å². The molecule has 1 atom stereocenters. The summed E-state index contributed by atoms with van der Waals surface area (Å²) in [6, 6.07) is 9.42. The van der Waals surface area contributed by atoms with E-state index in [0.717, 1.165) is 23.3 Å². The number of hydrogen-bond donors (Lipinski definition) is 1. The van der Waals surface area contributed by atoms with Crippen LogP contribution in [0.15, 0.2) is 40.6 Å². The summed E-state index contributed by atoms with van der Waals surface area (Å²) in [5.41, 5.74) is 2.25. The zero-order valence-corrected chi connectivity index (χ0v) is 17.0. The predicted octanol–water partition coefficient (Wildman–Crippen LogP) is 2.68. The molecule has 142 valence electrons. The van der Waals surface area contributed by atoms with Crippen molar-refractivity contribution in [2.75, 3.05) is 27.7 Å². The van der Waals surface area contributed by atoms with Crippen LogP contribution in [0.1, 0.15) is 33.8 Å². The van der Waals surface area contributed by atoms with E-state index in [-0.39, 0.29) is 22.4 Å². The number of ether oxygens (including phenoxy) is 1. The maximum absolute atomic E-state index is 12.7. The summed E-state index contributed by atoms with van der Waals surface area (Å²) in [4.78, 5) is 13.7. The Morgan fingerprint density at radius 1 is 1.23 bits per heavy atom. The van der Waals surface area contributed by atoms with Gasteiger partial charge < -0.3 is 9.64 Å². The van der Waals surface area contributed by atoms with E-state index in [4.69, 9.17) is 0 Å². The number of rotatable bonds is 8. The van der Waals surface area contributed by atoms with Crippen LogP contribution in [-0.4, -0.2) is 47.0 Å². The highest BCUT2D eigenvalue weighted by Crippen LogP contribution is 2.24. The summed E-state index contributed by atoms with van der Waals surface area (Å²) >= 11 is 1.05. The Balaban J connectivity index is 2.20. The monoisotopic (exact) mass is 396 g/mol. The maximum atomic E-state index is 12.7. The molecular weight excluding hydrogens is 372 g/mol. The first-order valence-corrected chi connectivity index (χ1v) is 10.6. The van der Waals surface area contributed by atoms with Crippen molar-refractivity contribution in [1.29, 1.82) is 0 Å². The van der Waals surface area contributed by atoms with E-state index in [0.29, 0.717) is 0 Å². The van der Waals surface area contributed by atoms with E-state index in [1.807, 2.05) is 31.1 Å². The van der Waals surface area contributed by atoms with Gasteiger partial charge in [0.2, 0.25) is 10.0 Å². The second kappa shape index (κ2) is 8.77. The molecule has 26 heavy (non-hydrogen) atoms. The highest BCUT2D eigenvalue weighted by molar-refractivity contribution is 7.89. The molecule has 0 aliphatic rings. The van der Waals surface area contributed by atoms with E-state index < -0.39 is 16.0 Å². The van der Waals surface area contributed by atoms with Crippen LogP contribution < -0.4 is 4.72 Å². The smallest absolute Gasteiger partial charge is 0.349 e. The lowest BCUT2D eigenvalue weighted by molar-refractivity contribution is 0.0602. The fraction of sp³-hybridized carbons (Fsp3) is 0.389. The molecular formula is C18H24N2O4S2. The number of benzene rings is 1. The van der Waals surface area contributed by atoms with Crippen molar-refractivity contribution in [1.82, 2.24) is 9.62 Å². The van der Waals surface area contributed by atoms with Crippen LogP contribution in [-0.2, 0) is 21.2 Å². The number of likely N-dealkylation sites (N-methyl/N-ethyl adjacent to an activating group) is 1. The molecule has 0 aliphatic heterocycles. The average molecular weight is 397 g/mol. The molecule has 8 heteroatoms. The van der Waals surface area contributed by atoms with E-state index >= 15 is 0 Å². The second-order valence-corrected chi connectivity index (χ2v) is 8.68. The van der Waals surface area contributed by atoms with Crippen LogP contribution in [0.3, 0.4) is 0 Å². The lowest BCUT2D eigenvalue weighted by atomic mass is 10.0. The molecule has 1 aromatic heterocycles. The summed E-state index contributed by atoms with van der Waals surface area (Å²) < 4.78 is 32.6. The lowest BCUT2D eigenvalue weighted by Crippen LogP contribution is -2.34. The molecule has 1 aromatic carbocycles. The van der Waals surface area contributed by atoms with Crippen molar-refractivity contribution in [3.8, 4) is 0 Å². The standard InChI is InChI=1S/C18H24N2O4S2/c1-5-13-6-8-14(9-7-13)15(20(2)3)12-19-26(22,23)16-10-11-25-17(16)18(21)24-4/h6-11,15,19H,5,12H2,1-4H3. The molecule has 0 radical (unpaired) electrons. The summed E-state index contributed by atoms with van der Waals surface area (Å²) in [6.07, 6.45) is 0.952. The molecule has 0 fully saturated rings. The number of sulfonamides is 1. The third-order valence-electron chi connectivity index (χ3n) is 4.15. The number of nitrogens with one attached hydrogen (secondary N) is 1. The predicted molar refractivity (Wildman–Crippen MR) is 103 cm³/mol. The minimum absolute atomic E-state index is 0.0480. The van der Waals surface area contributed by atoms with Gasteiger partial charge in [0.25, 0.3) is 0 Å². The van der Waals surface area contributed by atoms with Crippen LogP contribution in [0.5, 0.6) is 0 Å². The normalized spacial score (nSPS) is 13.0. The number of nitrogens with zero attached hydrogens (tertiary/aromatic N) is 1. The number of methoxy groups -OCH3 is 1. The van der Waals surface area contributed by atoms with E-state index in [1.165, 1.54) is 18.7 Å². The van der Waals surface area contributed by atoms with Crippen LogP contribution in [0.4, 0.5) is 0 Å². The van der Waals surface area contributed by atoms with Crippen LogP contribution in [0, 0.1) is 0 Å². The van der Waals surface area contributed by atoms with Gasteiger partial charge >= 0.3 is 5.97 Å². The van der Waals surface area contributed by atoms with E-state index in [2.05, 4.69) is 28.5 Å². The molecule has 0 bridgehead atoms. The summed E-state index contributed by atoms with van der Waals surface area (Å²) in [5.74, 6) is -0.653.